The van der Waals surface area contributed by atoms with Gasteiger partial charge < -0.3 is 15.0 Å². The topological polar surface area (TPSA) is 79.9 Å². The minimum Gasteiger partial charge on any atom is -0.495 e. The molecule has 0 radical (unpaired) electrons. The van der Waals surface area contributed by atoms with E-state index in [1.165, 1.54) is 25.6 Å². The van der Waals surface area contributed by atoms with E-state index in [2.05, 4.69) is 20.3 Å². The van der Waals surface area contributed by atoms with Crippen molar-refractivity contribution in [3.05, 3.63) is 41.6 Å². The average molecular weight is 382 g/mol. The lowest BCUT2D eigenvalue weighted by atomic mass is 9.83. The number of halogens is 1. The first kappa shape index (κ1) is 18.4. The first-order valence-electron chi connectivity index (χ1n) is 9.58. The van der Waals surface area contributed by atoms with Gasteiger partial charge in [0.25, 0.3) is 0 Å². The number of fused-ring (bicyclic) bond motifs is 3. The van der Waals surface area contributed by atoms with E-state index < -0.39 is 0 Å². The van der Waals surface area contributed by atoms with Crippen molar-refractivity contribution in [1.29, 1.82) is 0 Å². The maximum atomic E-state index is 13.8. The molecule has 1 atom stereocenters. The minimum absolute atomic E-state index is 0.0308. The number of carbonyl (C=O) groups is 1. The summed E-state index contributed by atoms with van der Waals surface area (Å²) in [7, 11) is 1.54. The van der Waals surface area contributed by atoms with Crippen molar-refractivity contribution in [2.45, 2.75) is 39.0 Å². The molecule has 0 amide bonds. The Hall–Kier alpha value is -2.96. The van der Waals surface area contributed by atoms with Crippen LogP contribution in [0.25, 0.3) is 11.0 Å². The highest BCUT2D eigenvalue weighted by molar-refractivity contribution is 5.94. The van der Waals surface area contributed by atoms with Crippen molar-refractivity contribution in [1.82, 2.24) is 15.0 Å². The zero-order valence-electron chi connectivity index (χ0n) is 16.0. The van der Waals surface area contributed by atoms with Gasteiger partial charge in [-0.3, -0.25) is 4.79 Å². The Morgan fingerprint density at radius 3 is 3.04 bits per heavy atom. The van der Waals surface area contributed by atoms with E-state index in [0.717, 1.165) is 41.6 Å². The molecule has 6 nitrogen and oxygen atoms in total. The van der Waals surface area contributed by atoms with Crippen LogP contribution in [-0.4, -0.2) is 27.8 Å². The highest BCUT2D eigenvalue weighted by atomic mass is 19.1. The number of aryl methyl sites for hydroxylation is 1. The van der Waals surface area contributed by atoms with Crippen molar-refractivity contribution >= 4 is 28.3 Å². The lowest BCUT2D eigenvalue weighted by molar-refractivity contribution is -0.123. The summed E-state index contributed by atoms with van der Waals surface area (Å²) in [4.78, 5) is 24.6. The van der Waals surface area contributed by atoms with Crippen LogP contribution in [0.1, 0.15) is 37.4 Å². The summed E-state index contributed by atoms with van der Waals surface area (Å²) in [5, 5.41) is 4.05. The van der Waals surface area contributed by atoms with Crippen LogP contribution in [0.2, 0.25) is 0 Å². The van der Waals surface area contributed by atoms with Crippen LogP contribution in [0.5, 0.6) is 5.75 Å². The number of anilines is 2. The third-order valence-electron chi connectivity index (χ3n) is 5.34. The molecule has 28 heavy (non-hydrogen) atoms. The van der Waals surface area contributed by atoms with Crippen LogP contribution < -0.4 is 10.1 Å². The molecule has 0 saturated heterocycles. The number of nitrogens with one attached hydrogen (secondary N) is 2. The quantitative estimate of drug-likeness (QED) is 0.664. The predicted molar refractivity (Wildman–Crippen MR) is 106 cm³/mol. The number of carbonyl (C=O) groups excluding carboxylic acids is 1. The fourth-order valence-corrected chi connectivity index (χ4v) is 3.97. The Labute approximate surface area is 162 Å². The number of ether oxygens (including phenoxy) is 1. The maximum Gasteiger partial charge on any atom is 0.143 e. The molecule has 7 heteroatoms. The van der Waals surface area contributed by atoms with Crippen molar-refractivity contribution < 1.29 is 13.9 Å². The molecule has 146 valence electrons. The molecule has 1 unspecified atom stereocenters. The summed E-state index contributed by atoms with van der Waals surface area (Å²) in [6.07, 6.45) is 5.30. The van der Waals surface area contributed by atoms with Crippen LogP contribution in [0.4, 0.5) is 15.9 Å². The summed E-state index contributed by atoms with van der Waals surface area (Å²) >= 11 is 0. The summed E-state index contributed by atoms with van der Waals surface area (Å²) in [5.74, 6) is 1.09. The Balaban J connectivity index is 1.74. The molecular weight excluding hydrogens is 359 g/mol. The number of hydrogen-bond donors (Lipinski definition) is 2. The highest BCUT2D eigenvalue weighted by Crippen LogP contribution is 2.37. The summed E-state index contributed by atoms with van der Waals surface area (Å²) in [5.41, 5.74) is 3.40. The van der Waals surface area contributed by atoms with Crippen molar-refractivity contribution in [3.8, 4) is 5.75 Å². The molecule has 0 fully saturated rings. The van der Waals surface area contributed by atoms with Gasteiger partial charge in [-0.15, -0.1) is 0 Å². The van der Waals surface area contributed by atoms with Gasteiger partial charge in [0.05, 0.1) is 18.2 Å². The number of methoxy groups -OCH3 is 1. The normalized spacial score (nSPS) is 16.0. The van der Waals surface area contributed by atoms with E-state index in [4.69, 9.17) is 4.74 Å². The molecule has 0 aliphatic heterocycles. The molecule has 1 aliphatic rings. The Kier molecular flexibility index (Phi) is 4.98. The van der Waals surface area contributed by atoms with Gasteiger partial charge in [0.2, 0.25) is 0 Å². The van der Waals surface area contributed by atoms with Crippen LogP contribution in [0, 0.1) is 11.7 Å². The SMILES string of the molecule is CCCC(=O)C1CCc2[nH]c3ncnc(Nc4cc(F)ccc4OC)c3c2C1. The van der Waals surface area contributed by atoms with E-state index >= 15 is 0 Å². The molecule has 0 bridgehead atoms. The van der Waals surface area contributed by atoms with E-state index in [1.807, 2.05) is 6.92 Å². The number of aromatic amines is 1. The molecule has 2 heterocycles. The third-order valence-corrected chi connectivity index (χ3v) is 5.34. The molecule has 0 spiro atoms. The second kappa shape index (κ2) is 7.58. The van der Waals surface area contributed by atoms with Gasteiger partial charge in [-0.1, -0.05) is 6.92 Å². The summed E-state index contributed by atoms with van der Waals surface area (Å²) in [6, 6.07) is 4.29. The Bertz CT molecular complexity index is 1030. The van der Waals surface area contributed by atoms with Crippen molar-refractivity contribution in [2.75, 3.05) is 12.4 Å². The third kappa shape index (κ3) is 3.32. The number of Topliss-reactive ketones (excluding diaryl/α,β-unsaturated/α-hetero) is 1. The molecule has 4 rings (SSSR count). The van der Waals surface area contributed by atoms with Crippen LogP contribution in [0.3, 0.4) is 0 Å². The van der Waals surface area contributed by atoms with Crippen molar-refractivity contribution in [3.63, 3.8) is 0 Å². The van der Waals surface area contributed by atoms with E-state index in [9.17, 15) is 9.18 Å². The standard InChI is InChI=1S/C21H23FN4O2/c1-3-4-17(27)12-5-7-15-14(9-12)19-20(25-15)23-11-24-21(19)26-16-10-13(22)6-8-18(16)28-2/h6,8,10-12H,3-5,7,9H2,1-2H3,(H2,23,24,25,26). The van der Waals surface area contributed by atoms with Gasteiger partial charge in [0, 0.05) is 24.1 Å². The molecular formula is C21H23FN4O2. The smallest absolute Gasteiger partial charge is 0.143 e. The van der Waals surface area contributed by atoms with Gasteiger partial charge in [0.1, 0.15) is 35.1 Å². The fourth-order valence-electron chi connectivity index (χ4n) is 3.97. The number of rotatable bonds is 6. The minimum atomic E-state index is -0.366. The lowest BCUT2D eigenvalue weighted by Gasteiger charge is -2.21. The van der Waals surface area contributed by atoms with Crippen LogP contribution in [0.15, 0.2) is 24.5 Å². The van der Waals surface area contributed by atoms with Gasteiger partial charge >= 0.3 is 0 Å². The molecule has 1 aliphatic carbocycles. The van der Waals surface area contributed by atoms with Gasteiger partial charge in [0.15, 0.2) is 0 Å². The van der Waals surface area contributed by atoms with Crippen LogP contribution in [-0.2, 0) is 17.6 Å². The number of nitrogens with zero attached hydrogens (tertiary/aromatic N) is 2. The first-order valence-corrected chi connectivity index (χ1v) is 9.58. The molecule has 0 saturated carbocycles. The molecule has 2 N–H and O–H groups in total. The molecule has 2 aromatic heterocycles. The van der Waals surface area contributed by atoms with E-state index in [-0.39, 0.29) is 11.7 Å². The lowest BCUT2D eigenvalue weighted by Crippen LogP contribution is -2.22. The van der Waals surface area contributed by atoms with Crippen LogP contribution >= 0.6 is 0 Å². The number of H-pyrrole nitrogens is 1. The zero-order valence-corrected chi connectivity index (χ0v) is 16.0. The second-order valence-electron chi connectivity index (χ2n) is 7.15. The molecule has 3 aromatic rings. The van der Waals surface area contributed by atoms with E-state index in [0.29, 0.717) is 35.9 Å². The van der Waals surface area contributed by atoms with E-state index in [1.54, 1.807) is 6.07 Å². The fraction of sp³-hybridized carbons (Fsp3) is 0.381. The Morgan fingerprint density at radius 2 is 2.25 bits per heavy atom. The van der Waals surface area contributed by atoms with Gasteiger partial charge in [-0.2, -0.15) is 0 Å². The second-order valence-corrected chi connectivity index (χ2v) is 7.15. The Morgan fingerprint density at radius 1 is 1.39 bits per heavy atom. The zero-order chi connectivity index (χ0) is 19.7. The average Bonchev–Trinajstić information content (AvgIpc) is 3.07. The van der Waals surface area contributed by atoms with Crippen molar-refractivity contribution in [2.24, 2.45) is 5.92 Å². The van der Waals surface area contributed by atoms with Gasteiger partial charge in [-0.05, 0) is 43.4 Å². The maximum absolute atomic E-state index is 13.8. The first-order chi connectivity index (χ1) is 13.6. The largest absolute Gasteiger partial charge is 0.495 e. The number of aromatic nitrogens is 3. The molecule has 1 aromatic carbocycles. The predicted octanol–water partition coefficient (Wildman–Crippen LogP) is 4.32. The van der Waals surface area contributed by atoms with Gasteiger partial charge in [-0.25, -0.2) is 14.4 Å². The number of ketones is 1. The summed E-state index contributed by atoms with van der Waals surface area (Å²) in [6.45, 7) is 2.03. The monoisotopic (exact) mass is 382 g/mol. The number of benzene rings is 1. The summed E-state index contributed by atoms with van der Waals surface area (Å²) < 4.78 is 19.1. The number of hydrogen-bond acceptors (Lipinski definition) is 5. The highest BCUT2D eigenvalue weighted by Gasteiger charge is 2.28.